The third kappa shape index (κ3) is 2.79. The maximum atomic E-state index is 13.6. The van der Waals surface area contributed by atoms with E-state index in [1.54, 1.807) is 25.3 Å². The molecule has 0 saturated carbocycles. The molecule has 1 aromatic carbocycles. The van der Waals surface area contributed by atoms with Gasteiger partial charge >= 0.3 is 0 Å². The summed E-state index contributed by atoms with van der Waals surface area (Å²) in [6, 6.07) is 6.21. The minimum Gasteiger partial charge on any atom is -0.268 e. The van der Waals surface area contributed by atoms with Gasteiger partial charge in [0.2, 0.25) is 0 Å². The molecule has 0 aliphatic carbocycles. The molecule has 0 saturated heterocycles. The van der Waals surface area contributed by atoms with Crippen LogP contribution < -0.4 is 5.56 Å². The van der Waals surface area contributed by atoms with Gasteiger partial charge in [0.15, 0.2) is 0 Å². The molecule has 17 heavy (non-hydrogen) atoms. The number of halogens is 2. The van der Waals surface area contributed by atoms with E-state index in [1.165, 1.54) is 16.8 Å². The fourth-order valence-corrected chi connectivity index (χ4v) is 1.79. The van der Waals surface area contributed by atoms with Gasteiger partial charge in [0.05, 0.1) is 12.7 Å². The number of rotatable bonds is 2. The summed E-state index contributed by atoms with van der Waals surface area (Å²) in [5.74, 6) is -0.353. The van der Waals surface area contributed by atoms with Gasteiger partial charge in [-0.3, -0.25) is 4.79 Å². The Labute approximate surface area is 106 Å². The summed E-state index contributed by atoms with van der Waals surface area (Å²) in [5.41, 5.74) is 1.00. The average Bonchev–Trinajstić information content (AvgIpc) is 2.25. The SMILES string of the molecule is Cc1cnn(Cc2ccc(Br)cc2F)c(=O)c1. The van der Waals surface area contributed by atoms with E-state index in [2.05, 4.69) is 21.0 Å². The molecule has 88 valence electrons. The predicted molar refractivity (Wildman–Crippen MR) is 66.4 cm³/mol. The molecular weight excluding hydrogens is 287 g/mol. The van der Waals surface area contributed by atoms with E-state index < -0.39 is 0 Å². The van der Waals surface area contributed by atoms with Gasteiger partial charge in [-0.05, 0) is 24.6 Å². The van der Waals surface area contributed by atoms with Gasteiger partial charge in [-0.15, -0.1) is 0 Å². The fraction of sp³-hybridized carbons (Fsp3) is 0.167. The van der Waals surface area contributed by atoms with Crippen molar-refractivity contribution in [3.8, 4) is 0 Å². The number of aryl methyl sites for hydroxylation is 1. The van der Waals surface area contributed by atoms with Crippen molar-refractivity contribution < 1.29 is 4.39 Å². The number of hydrogen-bond acceptors (Lipinski definition) is 2. The highest BCUT2D eigenvalue weighted by molar-refractivity contribution is 9.10. The Morgan fingerprint density at radius 3 is 2.82 bits per heavy atom. The van der Waals surface area contributed by atoms with E-state index in [0.29, 0.717) is 10.0 Å². The Hall–Kier alpha value is -1.49. The van der Waals surface area contributed by atoms with Crippen LogP contribution >= 0.6 is 15.9 Å². The molecular formula is C12H10BrFN2O. The monoisotopic (exact) mass is 296 g/mol. The molecule has 0 amide bonds. The maximum absolute atomic E-state index is 13.6. The Morgan fingerprint density at radius 1 is 1.41 bits per heavy atom. The van der Waals surface area contributed by atoms with Crippen molar-refractivity contribution in [2.24, 2.45) is 0 Å². The van der Waals surface area contributed by atoms with Crippen molar-refractivity contribution in [1.82, 2.24) is 9.78 Å². The number of aromatic nitrogens is 2. The number of hydrogen-bond donors (Lipinski definition) is 0. The molecule has 0 atom stereocenters. The van der Waals surface area contributed by atoms with Crippen molar-refractivity contribution in [1.29, 1.82) is 0 Å². The minimum absolute atomic E-state index is 0.137. The van der Waals surface area contributed by atoms with Gasteiger partial charge in [-0.2, -0.15) is 5.10 Å². The van der Waals surface area contributed by atoms with Crippen LogP contribution in [0.1, 0.15) is 11.1 Å². The molecule has 1 heterocycles. The quantitative estimate of drug-likeness (QED) is 0.853. The van der Waals surface area contributed by atoms with Crippen LogP contribution in [0.25, 0.3) is 0 Å². The van der Waals surface area contributed by atoms with E-state index in [1.807, 2.05) is 0 Å². The van der Waals surface area contributed by atoms with Crippen LogP contribution in [0, 0.1) is 12.7 Å². The predicted octanol–water partition coefficient (Wildman–Crippen LogP) is 2.50. The third-order valence-electron chi connectivity index (χ3n) is 2.34. The normalized spacial score (nSPS) is 10.5. The summed E-state index contributed by atoms with van der Waals surface area (Å²) < 4.78 is 15.5. The lowest BCUT2D eigenvalue weighted by atomic mass is 10.2. The molecule has 0 radical (unpaired) electrons. The van der Waals surface area contributed by atoms with Gasteiger partial charge < -0.3 is 0 Å². The fourth-order valence-electron chi connectivity index (χ4n) is 1.45. The molecule has 0 aliphatic heterocycles. The Morgan fingerprint density at radius 2 is 2.18 bits per heavy atom. The van der Waals surface area contributed by atoms with E-state index in [0.717, 1.165) is 5.56 Å². The third-order valence-corrected chi connectivity index (χ3v) is 2.83. The highest BCUT2D eigenvalue weighted by atomic mass is 79.9. The molecule has 0 spiro atoms. The van der Waals surface area contributed by atoms with Crippen molar-refractivity contribution in [3.63, 3.8) is 0 Å². The lowest BCUT2D eigenvalue weighted by molar-refractivity contribution is 0.571. The molecule has 0 bridgehead atoms. The van der Waals surface area contributed by atoms with Crippen molar-refractivity contribution in [2.75, 3.05) is 0 Å². The molecule has 2 rings (SSSR count). The van der Waals surface area contributed by atoms with Crippen molar-refractivity contribution in [2.45, 2.75) is 13.5 Å². The first kappa shape index (κ1) is 12.0. The summed E-state index contributed by atoms with van der Waals surface area (Å²) in [6.07, 6.45) is 1.58. The first-order chi connectivity index (χ1) is 8.06. The molecule has 5 heteroatoms. The van der Waals surface area contributed by atoms with Crippen LogP contribution in [0.4, 0.5) is 4.39 Å². The van der Waals surface area contributed by atoms with Crippen molar-refractivity contribution >= 4 is 15.9 Å². The summed E-state index contributed by atoms with van der Waals surface area (Å²) in [4.78, 5) is 11.6. The molecule has 0 unspecified atom stereocenters. The Bertz CT molecular complexity index is 610. The zero-order chi connectivity index (χ0) is 12.4. The summed E-state index contributed by atoms with van der Waals surface area (Å²) in [6.45, 7) is 1.93. The first-order valence-corrected chi connectivity index (χ1v) is 5.83. The lowest BCUT2D eigenvalue weighted by Crippen LogP contribution is -2.23. The highest BCUT2D eigenvalue weighted by Gasteiger charge is 2.05. The summed E-state index contributed by atoms with van der Waals surface area (Å²) in [5, 5.41) is 3.96. The second-order valence-electron chi connectivity index (χ2n) is 3.76. The standard InChI is InChI=1S/C12H10BrFN2O/c1-8-4-12(17)16(15-6-8)7-9-2-3-10(13)5-11(9)14/h2-6H,7H2,1H3. The zero-order valence-electron chi connectivity index (χ0n) is 9.15. The van der Waals surface area contributed by atoms with Gasteiger partial charge in [-0.25, -0.2) is 9.07 Å². The average molecular weight is 297 g/mol. The van der Waals surface area contributed by atoms with Gasteiger partial charge in [-0.1, -0.05) is 22.0 Å². The maximum Gasteiger partial charge on any atom is 0.267 e. The summed E-state index contributed by atoms with van der Waals surface area (Å²) in [7, 11) is 0. The van der Waals surface area contributed by atoms with E-state index >= 15 is 0 Å². The van der Waals surface area contributed by atoms with Crippen molar-refractivity contribution in [3.05, 3.63) is 62.2 Å². The van der Waals surface area contributed by atoms with Gasteiger partial charge in [0.1, 0.15) is 5.82 Å². The number of benzene rings is 1. The molecule has 0 aliphatic rings. The van der Waals surface area contributed by atoms with Crippen LogP contribution in [-0.4, -0.2) is 9.78 Å². The highest BCUT2D eigenvalue weighted by Crippen LogP contribution is 2.15. The minimum atomic E-state index is -0.353. The Kier molecular flexibility index (Phi) is 3.38. The lowest BCUT2D eigenvalue weighted by Gasteiger charge is -2.06. The Balaban J connectivity index is 2.35. The smallest absolute Gasteiger partial charge is 0.267 e. The van der Waals surface area contributed by atoms with E-state index in [4.69, 9.17) is 0 Å². The van der Waals surface area contributed by atoms with Crippen LogP contribution in [-0.2, 0) is 6.54 Å². The molecule has 3 nitrogen and oxygen atoms in total. The topological polar surface area (TPSA) is 34.9 Å². The molecule has 0 fully saturated rings. The van der Waals surface area contributed by atoms with E-state index in [9.17, 15) is 9.18 Å². The van der Waals surface area contributed by atoms with Gasteiger partial charge in [0, 0.05) is 16.1 Å². The zero-order valence-corrected chi connectivity index (χ0v) is 10.7. The first-order valence-electron chi connectivity index (χ1n) is 5.04. The van der Waals surface area contributed by atoms with Gasteiger partial charge in [0.25, 0.3) is 5.56 Å². The summed E-state index contributed by atoms with van der Waals surface area (Å²) >= 11 is 3.18. The second kappa shape index (κ2) is 4.79. The molecule has 0 N–H and O–H groups in total. The second-order valence-corrected chi connectivity index (χ2v) is 4.68. The van der Waals surface area contributed by atoms with Crippen LogP contribution in [0.3, 0.4) is 0 Å². The van der Waals surface area contributed by atoms with Crippen LogP contribution in [0.5, 0.6) is 0 Å². The van der Waals surface area contributed by atoms with Crippen LogP contribution in [0.2, 0.25) is 0 Å². The number of nitrogens with zero attached hydrogens (tertiary/aromatic N) is 2. The van der Waals surface area contributed by atoms with Crippen LogP contribution in [0.15, 0.2) is 39.7 Å². The molecule has 1 aromatic heterocycles. The largest absolute Gasteiger partial charge is 0.268 e. The van der Waals surface area contributed by atoms with E-state index in [-0.39, 0.29) is 17.9 Å². The molecule has 2 aromatic rings.